The second-order valence-electron chi connectivity index (χ2n) is 8.42. The molecule has 0 radical (unpaired) electrons. The number of allylic oxidation sites excluding steroid dienone is 1. The molecule has 2 aromatic carbocycles. The zero-order valence-corrected chi connectivity index (χ0v) is 19.0. The van der Waals surface area contributed by atoms with E-state index in [4.69, 9.17) is 9.47 Å². The number of hydrogen-bond acceptors (Lipinski definition) is 5. The Kier molecular flexibility index (Phi) is 6.51. The van der Waals surface area contributed by atoms with Crippen LogP contribution in [0.5, 0.6) is 5.75 Å². The lowest BCUT2D eigenvalue weighted by Gasteiger charge is -2.15. The number of ether oxygens (including phenoxy) is 2. The molecule has 166 valence electrons. The van der Waals surface area contributed by atoms with E-state index in [2.05, 4.69) is 13.0 Å². The molecular formula is C25H30O5S. The number of methoxy groups -OCH3 is 1. The van der Waals surface area contributed by atoms with Crippen LogP contribution < -0.4 is 0 Å². The minimum absolute atomic E-state index is 0.0951. The molecule has 4 rings (SSSR count). The maximum Gasteiger partial charge on any atom is 0.163 e. The van der Waals surface area contributed by atoms with Gasteiger partial charge in [0, 0.05) is 12.5 Å². The number of hydrogen-bond donors (Lipinski definition) is 1. The van der Waals surface area contributed by atoms with Gasteiger partial charge in [0.15, 0.2) is 9.84 Å². The third-order valence-corrected chi connectivity index (χ3v) is 8.28. The number of aromatic hydroxyl groups is 1. The van der Waals surface area contributed by atoms with E-state index in [1.54, 1.807) is 13.2 Å². The molecule has 5 nitrogen and oxygen atoms in total. The van der Waals surface area contributed by atoms with Crippen molar-refractivity contribution in [2.45, 2.75) is 44.0 Å². The van der Waals surface area contributed by atoms with Crippen molar-refractivity contribution in [2.75, 3.05) is 26.1 Å². The smallest absolute Gasteiger partial charge is 0.163 e. The first-order valence-electron chi connectivity index (χ1n) is 10.9. The second-order valence-corrected chi connectivity index (χ2v) is 10.6. The molecule has 0 spiro atoms. The SMILES string of the molecule is CCC/C(=C\c1ccc(O)c2ccccc12)CC[C@H]1OC[C@H]2C1=C(COC)CS2(=O)=O. The van der Waals surface area contributed by atoms with Crippen molar-refractivity contribution in [2.24, 2.45) is 0 Å². The predicted octanol–water partition coefficient (Wildman–Crippen LogP) is 4.65. The van der Waals surface area contributed by atoms with E-state index in [1.165, 1.54) is 5.57 Å². The van der Waals surface area contributed by atoms with Gasteiger partial charge in [-0.15, -0.1) is 0 Å². The average Bonchev–Trinajstić information content (AvgIpc) is 3.28. The van der Waals surface area contributed by atoms with Crippen LogP contribution in [0.15, 0.2) is 53.1 Å². The Balaban J connectivity index is 1.58. The summed E-state index contributed by atoms with van der Waals surface area (Å²) in [7, 11) is -1.57. The van der Waals surface area contributed by atoms with E-state index >= 15 is 0 Å². The summed E-state index contributed by atoms with van der Waals surface area (Å²) in [6.45, 7) is 2.76. The molecule has 6 heteroatoms. The molecule has 0 saturated carbocycles. The first-order valence-corrected chi connectivity index (χ1v) is 12.6. The molecule has 0 aromatic heterocycles. The Hall–Kier alpha value is -2.15. The van der Waals surface area contributed by atoms with Gasteiger partial charge in [-0.2, -0.15) is 0 Å². The first kappa shape index (κ1) is 22.1. The van der Waals surface area contributed by atoms with E-state index in [0.29, 0.717) is 6.61 Å². The predicted molar refractivity (Wildman–Crippen MR) is 124 cm³/mol. The zero-order chi connectivity index (χ0) is 22.0. The third-order valence-electron chi connectivity index (χ3n) is 6.27. The number of rotatable bonds is 8. The van der Waals surface area contributed by atoms with Gasteiger partial charge < -0.3 is 14.6 Å². The van der Waals surface area contributed by atoms with Crippen LogP contribution in [0.1, 0.15) is 38.2 Å². The zero-order valence-electron chi connectivity index (χ0n) is 18.1. The normalized spacial score (nSPS) is 23.0. The summed E-state index contributed by atoms with van der Waals surface area (Å²) in [5.41, 5.74) is 4.21. The molecule has 0 unspecified atom stereocenters. The van der Waals surface area contributed by atoms with Crippen LogP contribution in [0, 0.1) is 0 Å². The number of benzene rings is 2. The van der Waals surface area contributed by atoms with Crippen molar-refractivity contribution in [3.05, 3.63) is 58.7 Å². The topological polar surface area (TPSA) is 72.8 Å². The average molecular weight is 443 g/mol. The monoisotopic (exact) mass is 442 g/mol. The summed E-state index contributed by atoms with van der Waals surface area (Å²) in [6, 6.07) is 11.6. The van der Waals surface area contributed by atoms with Crippen molar-refractivity contribution in [1.29, 1.82) is 0 Å². The molecule has 2 aliphatic rings. The molecular weight excluding hydrogens is 412 g/mol. The van der Waals surface area contributed by atoms with Gasteiger partial charge in [0.1, 0.15) is 11.0 Å². The summed E-state index contributed by atoms with van der Waals surface area (Å²) >= 11 is 0. The van der Waals surface area contributed by atoms with Crippen LogP contribution in [-0.4, -0.2) is 51.0 Å². The van der Waals surface area contributed by atoms with Crippen molar-refractivity contribution in [1.82, 2.24) is 0 Å². The fraction of sp³-hybridized carbons (Fsp3) is 0.440. The quantitative estimate of drug-likeness (QED) is 0.603. The molecule has 2 atom stereocenters. The van der Waals surface area contributed by atoms with Crippen molar-refractivity contribution in [3.8, 4) is 5.75 Å². The highest BCUT2D eigenvalue weighted by Crippen LogP contribution is 2.39. The first-order chi connectivity index (χ1) is 14.9. The lowest BCUT2D eigenvalue weighted by atomic mass is 9.94. The number of fused-ring (bicyclic) bond motifs is 2. The van der Waals surface area contributed by atoms with Crippen LogP contribution in [0.3, 0.4) is 0 Å². The maximum atomic E-state index is 12.5. The Labute approximate surface area is 184 Å². The summed E-state index contributed by atoms with van der Waals surface area (Å²) in [5, 5.41) is 11.6. The largest absolute Gasteiger partial charge is 0.507 e. The summed E-state index contributed by atoms with van der Waals surface area (Å²) in [5.74, 6) is 0.382. The minimum Gasteiger partial charge on any atom is -0.507 e. The molecule has 1 N–H and O–H groups in total. The minimum atomic E-state index is -3.17. The van der Waals surface area contributed by atoms with Gasteiger partial charge in [0.05, 0.1) is 25.1 Å². The van der Waals surface area contributed by atoms with E-state index in [9.17, 15) is 13.5 Å². The lowest BCUT2D eigenvalue weighted by molar-refractivity contribution is 0.116. The molecule has 2 aromatic rings. The van der Waals surface area contributed by atoms with Gasteiger partial charge in [-0.25, -0.2) is 8.42 Å². The Bertz CT molecular complexity index is 1130. The fourth-order valence-electron chi connectivity index (χ4n) is 4.87. The summed E-state index contributed by atoms with van der Waals surface area (Å²) in [4.78, 5) is 0. The highest BCUT2D eigenvalue weighted by atomic mass is 32.2. The molecule has 2 aliphatic heterocycles. The van der Waals surface area contributed by atoms with Gasteiger partial charge in [-0.3, -0.25) is 0 Å². The van der Waals surface area contributed by atoms with E-state index in [-0.39, 0.29) is 24.2 Å². The van der Waals surface area contributed by atoms with E-state index in [1.807, 2.05) is 30.3 Å². The molecule has 31 heavy (non-hydrogen) atoms. The standard InChI is InChI=1S/C25H30O5S/c1-3-6-17(13-18-10-11-22(26)21-8-5-4-7-20(18)21)9-12-23-25-19(14-29-2)16-31(27,28)24(25)15-30-23/h4-5,7-8,10-11,13,23-24,26H,3,6,9,12,14-16H2,1-2H3/b17-13+/t23-,24+/m1/s1. The van der Waals surface area contributed by atoms with Gasteiger partial charge in [0.25, 0.3) is 0 Å². The van der Waals surface area contributed by atoms with Crippen molar-refractivity contribution >= 4 is 26.7 Å². The second kappa shape index (κ2) is 9.15. The third kappa shape index (κ3) is 4.43. The lowest BCUT2D eigenvalue weighted by Crippen LogP contribution is -2.19. The molecule has 0 bridgehead atoms. The van der Waals surface area contributed by atoms with Gasteiger partial charge in [0.2, 0.25) is 0 Å². The van der Waals surface area contributed by atoms with Crippen LogP contribution in [0.4, 0.5) is 0 Å². The Morgan fingerprint density at radius 1 is 1.19 bits per heavy atom. The molecule has 0 aliphatic carbocycles. The van der Waals surface area contributed by atoms with E-state index in [0.717, 1.165) is 53.2 Å². The molecule has 1 saturated heterocycles. The van der Waals surface area contributed by atoms with Crippen LogP contribution in [0.2, 0.25) is 0 Å². The molecule has 1 fully saturated rings. The maximum absolute atomic E-state index is 12.5. The van der Waals surface area contributed by atoms with Crippen LogP contribution >= 0.6 is 0 Å². The Morgan fingerprint density at radius 3 is 2.71 bits per heavy atom. The van der Waals surface area contributed by atoms with Gasteiger partial charge in [-0.1, -0.05) is 55.3 Å². The van der Waals surface area contributed by atoms with Crippen molar-refractivity contribution < 1.29 is 23.0 Å². The number of phenolic OH excluding ortho intramolecular Hbond substituents is 1. The highest BCUT2D eigenvalue weighted by Gasteiger charge is 2.46. The van der Waals surface area contributed by atoms with Crippen LogP contribution in [-0.2, 0) is 19.3 Å². The molecule has 0 amide bonds. The van der Waals surface area contributed by atoms with Crippen molar-refractivity contribution in [3.63, 3.8) is 0 Å². The van der Waals surface area contributed by atoms with Gasteiger partial charge >= 0.3 is 0 Å². The van der Waals surface area contributed by atoms with E-state index < -0.39 is 15.1 Å². The summed E-state index contributed by atoms with van der Waals surface area (Å²) < 4.78 is 36.2. The molecule has 2 heterocycles. The number of sulfone groups is 1. The fourth-order valence-corrected chi connectivity index (χ4v) is 6.80. The van der Waals surface area contributed by atoms with Crippen LogP contribution in [0.25, 0.3) is 16.8 Å². The highest BCUT2D eigenvalue weighted by molar-refractivity contribution is 7.92. The summed E-state index contributed by atoms with van der Waals surface area (Å²) in [6.07, 6.45) is 5.65. The van der Waals surface area contributed by atoms with Gasteiger partial charge in [-0.05, 0) is 47.4 Å². The Morgan fingerprint density at radius 2 is 1.97 bits per heavy atom. The number of phenols is 1.